The Bertz CT molecular complexity index is 1360. The van der Waals surface area contributed by atoms with Crippen LogP contribution in [0, 0.1) is 5.82 Å². The summed E-state index contributed by atoms with van der Waals surface area (Å²) in [6.07, 6.45) is 2.56. The number of H-pyrrole nitrogens is 1. The average molecular weight is 453 g/mol. The Morgan fingerprint density at radius 1 is 1.00 bits per heavy atom. The number of benzene rings is 3. The second kappa shape index (κ2) is 7.82. The number of rotatable bonds is 4. The topological polar surface area (TPSA) is 53.2 Å². The van der Waals surface area contributed by atoms with Gasteiger partial charge in [-0.2, -0.15) is 4.31 Å². The van der Waals surface area contributed by atoms with Crippen LogP contribution in [-0.4, -0.2) is 30.5 Å². The van der Waals surface area contributed by atoms with Gasteiger partial charge in [0.25, 0.3) is 0 Å². The molecule has 31 heavy (non-hydrogen) atoms. The van der Waals surface area contributed by atoms with Crippen LogP contribution in [0.15, 0.2) is 82.6 Å². The van der Waals surface area contributed by atoms with Gasteiger partial charge in [0, 0.05) is 28.0 Å². The van der Waals surface area contributed by atoms with Crippen LogP contribution in [0.1, 0.15) is 22.9 Å². The Morgan fingerprint density at radius 2 is 1.71 bits per heavy atom. The molecule has 0 amide bonds. The standard InChI is InChI=1S/C24H21FN2O2S2/c1-30-17-12-10-16(11-13-17)24-23-19(18-6-2-4-8-21(18)26-23)14-15-27(24)31(28,29)22-9-5-3-7-20(22)25/h2-13,24,26H,14-15H2,1H3/t24-/m1/s1. The van der Waals surface area contributed by atoms with E-state index < -0.39 is 21.9 Å². The highest BCUT2D eigenvalue weighted by Crippen LogP contribution is 2.41. The minimum absolute atomic E-state index is 0.278. The van der Waals surface area contributed by atoms with Crippen molar-refractivity contribution in [1.82, 2.24) is 9.29 Å². The van der Waals surface area contributed by atoms with Crippen LogP contribution in [0.5, 0.6) is 0 Å². The Morgan fingerprint density at radius 3 is 2.45 bits per heavy atom. The van der Waals surface area contributed by atoms with E-state index in [-0.39, 0.29) is 11.4 Å². The van der Waals surface area contributed by atoms with Gasteiger partial charge in [0.15, 0.2) is 0 Å². The highest BCUT2D eigenvalue weighted by molar-refractivity contribution is 7.98. The van der Waals surface area contributed by atoms with E-state index in [1.807, 2.05) is 48.7 Å². The number of sulfonamides is 1. The molecule has 0 unspecified atom stereocenters. The number of fused-ring (bicyclic) bond motifs is 3. The van der Waals surface area contributed by atoms with Gasteiger partial charge in [-0.1, -0.05) is 42.5 Å². The molecule has 158 valence electrons. The molecule has 4 nitrogen and oxygen atoms in total. The second-order valence-corrected chi connectivity index (χ2v) is 10.3. The van der Waals surface area contributed by atoms with Gasteiger partial charge in [0.1, 0.15) is 10.7 Å². The van der Waals surface area contributed by atoms with Crippen LogP contribution in [0.2, 0.25) is 0 Å². The molecule has 1 N–H and O–H groups in total. The zero-order valence-electron chi connectivity index (χ0n) is 16.9. The van der Waals surface area contributed by atoms with Gasteiger partial charge >= 0.3 is 0 Å². The summed E-state index contributed by atoms with van der Waals surface area (Å²) >= 11 is 1.63. The van der Waals surface area contributed by atoms with Crippen molar-refractivity contribution in [2.24, 2.45) is 0 Å². The number of aromatic nitrogens is 1. The van der Waals surface area contributed by atoms with E-state index in [1.165, 1.54) is 22.5 Å². The fourth-order valence-corrected chi connectivity index (χ4v) is 6.44. The van der Waals surface area contributed by atoms with Crippen molar-refractivity contribution in [3.8, 4) is 0 Å². The summed E-state index contributed by atoms with van der Waals surface area (Å²) in [5.41, 5.74) is 3.80. The van der Waals surface area contributed by atoms with Crippen molar-refractivity contribution < 1.29 is 12.8 Å². The van der Waals surface area contributed by atoms with Crippen molar-refractivity contribution in [3.05, 3.63) is 95.4 Å². The zero-order chi connectivity index (χ0) is 21.6. The highest BCUT2D eigenvalue weighted by Gasteiger charge is 2.40. The van der Waals surface area contributed by atoms with E-state index >= 15 is 0 Å². The summed E-state index contributed by atoms with van der Waals surface area (Å²) in [7, 11) is -4.05. The number of hydrogen-bond donors (Lipinski definition) is 1. The number of thioether (sulfide) groups is 1. The molecule has 0 saturated heterocycles. The lowest BCUT2D eigenvalue weighted by Crippen LogP contribution is -2.40. The molecule has 1 atom stereocenters. The fourth-order valence-electron chi connectivity index (χ4n) is 4.38. The highest BCUT2D eigenvalue weighted by atomic mass is 32.2. The minimum Gasteiger partial charge on any atom is -0.357 e. The molecule has 0 saturated carbocycles. The maximum atomic E-state index is 14.5. The number of para-hydroxylation sites is 1. The van der Waals surface area contributed by atoms with Gasteiger partial charge < -0.3 is 4.98 Å². The molecule has 2 heterocycles. The van der Waals surface area contributed by atoms with Crippen LogP contribution in [0.3, 0.4) is 0 Å². The third kappa shape index (κ3) is 3.37. The number of nitrogens with zero attached hydrogens (tertiary/aromatic N) is 1. The molecule has 7 heteroatoms. The predicted molar refractivity (Wildman–Crippen MR) is 122 cm³/mol. The summed E-state index contributed by atoms with van der Waals surface area (Å²) in [5, 5.41) is 1.10. The smallest absolute Gasteiger partial charge is 0.246 e. The van der Waals surface area contributed by atoms with Crippen molar-refractivity contribution in [2.75, 3.05) is 12.8 Å². The molecule has 4 aromatic rings. The van der Waals surface area contributed by atoms with E-state index in [0.717, 1.165) is 32.6 Å². The van der Waals surface area contributed by atoms with Crippen molar-refractivity contribution in [1.29, 1.82) is 0 Å². The van der Waals surface area contributed by atoms with Crippen molar-refractivity contribution in [3.63, 3.8) is 0 Å². The summed E-state index contributed by atoms with van der Waals surface area (Å²) in [6, 6.07) is 20.9. The van der Waals surface area contributed by atoms with Gasteiger partial charge in [-0.05, 0) is 54.1 Å². The lowest BCUT2D eigenvalue weighted by molar-refractivity contribution is 0.338. The maximum absolute atomic E-state index is 14.5. The zero-order valence-corrected chi connectivity index (χ0v) is 18.5. The molecule has 0 fully saturated rings. The molecule has 3 aromatic carbocycles. The first-order valence-electron chi connectivity index (χ1n) is 10.0. The minimum atomic E-state index is -4.05. The summed E-state index contributed by atoms with van der Waals surface area (Å²) < 4.78 is 43.2. The molecular formula is C24H21FN2O2S2. The first-order valence-corrected chi connectivity index (χ1v) is 12.7. The third-order valence-corrected chi connectivity index (χ3v) is 8.49. The Hall–Kier alpha value is -2.61. The molecule has 5 rings (SSSR count). The second-order valence-electron chi connectivity index (χ2n) is 7.53. The van der Waals surface area contributed by atoms with Gasteiger partial charge in [-0.25, -0.2) is 12.8 Å². The quantitative estimate of drug-likeness (QED) is 0.424. The predicted octanol–water partition coefficient (Wildman–Crippen LogP) is 5.37. The fraction of sp³-hybridized carbons (Fsp3) is 0.167. The van der Waals surface area contributed by atoms with Crippen LogP contribution < -0.4 is 0 Å². The third-order valence-electron chi connectivity index (χ3n) is 5.85. The molecule has 1 aromatic heterocycles. The number of nitrogens with one attached hydrogen (secondary N) is 1. The monoisotopic (exact) mass is 452 g/mol. The van der Waals surface area contributed by atoms with Gasteiger partial charge in [-0.3, -0.25) is 0 Å². The Balaban J connectivity index is 1.71. The molecule has 0 spiro atoms. The molecule has 0 radical (unpaired) electrons. The number of aromatic amines is 1. The largest absolute Gasteiger partial charge is 0.357 e. The maximum Gasteiger partial charge on any atom is 0.246 e. The average Bonchev–Trinajstić information content (AvgIpc) is 3.17. The van der Waals surface area contributed by atoms with E-state index in [4.69, 9.17) is 0 Å². The molecular weight excluding hydrogens is 431 g/mol. The van der Waals surface area contributed by atoms with Crippen LogP contribution in [0.4, 0.5) is 4.39 Å². The Labute approximate surface area is 185 Å². The number of hydrogen-bond acceptors (Lipinski definition) is 3. The summed E-state index contributed by atoms with van der Waals surface area (Å²) in [6.45, 7) is 0.278. The van der Waals surface area contributed by atoms with Crippen molar-refractivity contribution >= 4 is 32.7 Å². The summed E-state index contributed by atoms with van der Waals surface area (Å²) in [4.78, 5) is 4.26. The van der Waals surface area contributed by atoms with E-state index in [1.54, 1.807) is 17.8 Å². The van der Waals surface area contributed by atoms with E-state index in [9.17, 15) is 12.8 Å². The van der Waals surface area contributed by atoms with E-state index in [0.29, 0.717) is 6.42 Å². The van der Waals surface area contributed by atoms with Gasteiger partial charge in [0.2, 0.25) is 10.0 Å². The van der Waals surface area contributed by atoms with E-state index in [2.05, 4.69) is 11.1 Å². The molecule has 1 aliphatic heterocycles. The number of halogens is 1. The molecule has 1 aliphatic rings. The lowest BCUT2D eigenvalue weighted by atomic mass is 9.94. The van der Waals surface area contributed by atoms with Crippen LogP contribution in [-0.2, 0) is 16.4 Å². The SMILES string of the molecule is CSc1ccc([C@@H]2c3[nH]c4ccccc4c3CCN2S(=O)(=O)c2ccccc2F)cc1. The van der Waals surface area contributed by atoms with Crippen LogP contribution in [0.25, 0.3) is 10.9 Å². The lowest BCUT2D eigenvalue weighted by Gasteiger charge is -2.35. The molecule has 0 bridgehead atoms. The van der Waals surface area contributed by atoms with Gasteiger partial charge in [0.05, 0.1) is 6.04 Å². The summed E-state index contributed by atoms with van der Waals surface area (Å²) in [5.74, 6) is -0.735. The van der Waals surface area contributed by atoms with Gasteiger partial charge in [-0.15, -0.1) is 11.8 Å². The Kier molecular flexibility index (Phi) is 5.12. The first kappa shape index (κ1) is 20.3. The first-order chi connectivity index (χ1) is 15.0. The normalized spacial score (nSPS) is 17.0. The molecule has 0 aliphatic carbocycles. The van der Waals surface area contributed by atoms with Crippen LogP contribution >= 0.6 is 11.8 Å². The van der Waals surface area contributed by atoms with Crippen molar-refractivity contribution in [2.45, 2.75) is 22.3 Å².